The fourth-order valence-corrected chi connectivity index (χ4v) is 3.25. The zero-order chi connectivity index (χ0) is 12.9. The number of nitrogens with two attached hydrogens (primary N) is 1. The Balaban J connectivity index is 2.23. The molecule has 1 unspecified atom stereocenters. The zero-order valence-electron chi connectivity index (χ0n) is 9.06. The first-order chi connectivity index (χ1) is 8.59. The summed E-state index contributed by atoms with van der Waals surface area (Å²) in [5.41, 5.74) is 7.39. The van der Waals surface area contributed by atoms with Crippen LogP contribution in [0.5, 0.6) is 0 Å². The second-order valence-electron chi connectivity index (χ2n) is 4.04. The number of fused-ring (bicyclic) bond motifs is 1. The van der Waals surface area contributed by atoms with E-state index in [1.165, 1.54) is 0 Å². The first kappa shape index (κ1) is 12.1. The average Bonchev–Trinajstić information content (AvgIpc) is 2.91. The molecule has 94 valence electrons. The molecule has 1 aromatic heterocycles. The molecule has 0 saturated carbocycles. The van der Waals surface area contributed by atoms with Crippen molar-refractivity contribution in [3.05, 3.63) is 16.1 Å². The SMILES string of the molecule is NC1CCN(c2c(Cl)cc(Cl)c3nsnc23)C1=O. The number of carbonyl (C=O) groups is 1. The number of aromatic nitrogens is 2. The predicted molar refractivity (Wildman–Crippen MR) is 72.4 cm³/mol. The van der Waals surface area contributed by atoms with Gasteiger partial charge in [-0.05, 0) is 12.5 Å². The number of hydrogen-bond donors (Lipinski definition) is 1. The summed E-state index contributed by atoms with van der Waals surface area (Å²) in [6, 6.07) is 1.11. The third-order valence-corrected chi connectivity index (χ3v) is 4.04. The minimum absolute atomic E-state index is 0.145. The first-order valence-corrected chi connectivity index (χ1v) is 6.75. The van der Waals surface area contributed by atoms with Crippen LogP contribution in [0.3, 0.4) is 0 Å². The summed E-state index contributed by atoms with van der Waals surface area (Å²) in [6.45, 7) is 0.536. The summed E-state index contributed by atoms with van der Waals surface area (Å²) in [4.78, 5) is 13.5. The van der Waals surface area contributed by atoms with E-state index in [-0.39, 0.29) is 5.91 Å². The summed E-state index contributed by atoms with van der Waals surface area (Å²) in [5.74, 6) is -0.145. The van der Waals surface area contributed by atoms with E-state index in [1.807, 2.05) is 0 Å². The highest BCUT2D eigenvalue weighted by molar-refractivity contribution is 7.00. The molecule has 2 heterocycles. The van der Waals surface area contributed by atoms with Crippen LogP contribution in [0.2, 0.25) is 10.0 Å². The minimum atomic E-state index is -0.474. The van der Waals surface area contributed by atoms with Crippen molar-refractivity contribution >= 4 is 57.6 Å². The van der Waals surface area contributed by atoms with Crippen molar-refractivity contribution in [1.29, 1.82) is 0 Å². The van der Waals surface area contributed by atoms with Gasteiger partial charge in [0.1, 0.15) is 11.0 Å². The van der Waals surface area contributed by atoms with Gasteiger partial charge >= 0.3 is 0 Å². The van der Waals surface area contributed by atoms with Gasteiger partial charge in [0.25, 0.3) is 0 Å². The highest BCUT2D eigenvalue weighted by Crippen LogP contribution is 2.39. The molecule has 1 aromatic carbocycles. The molecule has 1 aliphatic rings. The topological polar surface area (TPSA) is 72.1 Å². The van der Waals surface area contributed by atoms with Gasteiger partial charge in [0, 0.05) is 6.54 Å². The second-order valence-corrected chi connectivity index (χ2v) is 5.38. The van der Waals surface area contributed by atoms with Crippen LogP contribution in [0.1, 0.15) is 6.42 Å². The lowest BCUT2D eigenvalue weighted by Gasteiger charge is -2.18. The number of amides is 1. The third kappa shape index (κ3) is 1.68. The van der Waals surface area contributed by atoms with Gasteiger partial charge in [0.05, 0.1) is 33.5 Å². The van der Waals surface area contributed by atoms with Crippen molar-refractivity contribution in [1.82, 2.24) is 8.75 Å². The fraction of sp³-hybridized carbons (Fsp3) is 0.300. The van der Waals surface area contributed by atoms with Crippen LogP contribution < -0.4 is 10.6 Å². The van der Waals surface area contributed by atoms with Crippen molar-refractivity contribution in [2.24, 2.45) is 5.73 Å². The van der Waals surface area contributed by atoms with E-state index in [2.05, 4.69) is 8.75 Å². The molecule has 1 amide bonds. The fourth-order valence-electron chi connectivity index (χ4n) is 2.04. The summed E-state index contributed by atoms with van der Waals surface area (Å²) < 4.78 is 8.28. The van der Waals surface area contributed by atoms with Gasteiger partial charge in [-0.1, -0.05) is 23.2 Å². The van der Waals surface area contributed by atoms with Gasteiger partial charge in [0.15, 0.2) is 0 Å². The maximum absolute atomic E-state index is 12.0. The molecule has 0 radical (unpaired) electrons. The Hall–Kier alpha value is -0.950. The van der Waals surface area contributed by atoms with Gasteiger partial charge in [-0.2, -0.15) is 8.75 Å². The normalized spacial score (nSPS) is 20.1. The van der Waals surface area contributed by atoms with Crippen molar-refractivity contribution in [3.8, 4) is 0 Å². The quantitative estimate of drug-likeness (QED) is 0.875. The van der Waals surface area contributed by atoms with Gasteiger partial charge in [0.2, 0.25) is 5.91 Å². The lowest BCUT2D eigenvalue weighted by atomic mass is 10.2. The Labute approximate surface area is 117 Å². The maximum Gasteiger partial charge on any atom is 0.244 e. The minimum Gasteiger partial charge on any atom is -0.320 e. The molecule has 8 heteroatoms. The van der Waals surface area contributed by atoms with Crippen molar-refractivity contribution in [2.45, 2.75) is 12.5 Å². The molecule has 2 aromatic rings. The third-order valence-electron chi connectivity index (χ3n) is 2.94. The first-order valence-electron chi connectivity index (χ1n) is 5.27. The number of carbonyl (C=O) groups excluding carboxylic acids is 1. The van der Waals surface area contributed by atoms with E-state index in [9.17, 15) is 4.79 Å². The summed E-state index contributed by atoms with van der Waals surface area (Å²) in [5, 5.41) is 0.825. The Morgan fingerprint density at radius 3 is 2.72 bits per heavy atom. The van der Waals surface area contributed by atoms with Crippen LogP contribution in [-0.2, 0) is 4.79 Å². The molecule has 18 heavy (non-hydrogen) atoms. The monoisotopic (exact) mass is 302 g/mol. The summed E-state index contributed by atoms with van der Waals surface area (Å²) >= 11 is 13.3. The molecule has 2 N–H and O–H groups in total. The molecule has 0 bridgehead atoms. The molecular weight excluding hydrogens is 295 g/mol. The molecule has 1 fully saturated rings. The predicted octanol–water partition coefficient (Wildman–Crippen LogP) is 2.06. The highest BCUT2D eigenvalue weighted by Gasteiger charge is 2.33. The molecule has 1 saturated heterocycles. The van der Waals surface area contributed by atoms with Crippen LogP contribution in [0.4, 0.5) is 5.69 Å². The van der Waals surface area contributed by atoms with Gasteiger partial charge in [-0.25, -0.2) is 0 Å². The van der Waals surface area contributed by atoms with Crippen LogP contribution in [0, 0.1) is 0 Å². The summed E-state index contributed by atoms with van der Waals surface area (Å²) in [6.07, 6.45) is 0.608. The number of hydrogen-bond acceptors (Lipinski definition) is 5. The van der Waals surface area contributed by atoms with E-state index in [1.54, 1.807) is 11.0 Å². The van der Waals surface area contributed by atoms with Gasteiger partial charge < -0.3 is 10.6 Å². The number of rotatable bonds is 1. The van der Waals surface area contributed by atoms with E-state index in [0.717, 1.165) is 11.7 Å². The number of anilines is 1. The van der Waals surface area contributed by atoms with E-state index in [4.69, 9.17) is 28.9 Å². The molecule has 1 aliphatic heterocycles. The Morgan fingerprint density at radius 1 is 1.33 bits per heavy atom. The smallest absolute Gasteiger partial charge is 0.244 e. The van der Waals surface area contributed by atoms with Gasteiger partial charge in [-0.15, -0.1) is 0 Å². The highest BCUT2D eigenvalue weighted by atomic mass is 35.5. The van der Waals surface area contributed by atoms with Crippen LogP contribution >= 0.6 is 34.9 Å². The zero-order valence-corrected chi connectivity index (χ0v) is 11.4. The van der Waals surface area contributed by atoms with E-state index >= 15 is 0 Å². The van der Waals surface area contributed by atoms with E-state index in [0.29, 0.717) is 39.7 Å². The average molecular weight is 303 g/mol. The number of benzene rings is 1. The Morgan fingerprint density at radius 2 is 2.06 bits per heavy atom. The standard InChI is InChI=1S/C10H8Cl2N4OS/c11-4-3-5(12)9(8-7(4)14-18-15-8)16-2-1-6(13)10(16)17/h3,6H,1-2,13H2. The van der Waals surface area contributed by atoms with Gasteiger partial charge in [-0.3, -0.25) is 4.79 Å². The van der Waals surface area contributed by atoms with E-state index < -0.39 is 6.04 Å². The maximum atomic E-state index is 12.0. The second kappa shape index (κ2) is 4.31. The van der Waals surface area contributed by atoms with Crippen LogP contribution in [-0.4, -0.2) is 27.2 Å². The van der Waals surface area contributed by atoms with Crippen LogP contribution in [0.15, 0.2) is 6.07 Å². The molecule has 0 aliphatic carbocycles. The van der Waals surface area contributed by atoms with Crippen molar-refractivity contribution in [2.75, 3.05) is 11.4 Å². The largest absolute Gasteiger partial charge is 0.320 e. The van der Waals surface area contributed by atoms with Crippen LogP contribution in [0.25, 0.3) is 11.0 Å². The lowest BCUT2D eigenvalue weighted by molar-refractivity contribution is -0.118. The number of halogens is 2. The molecule has 0 spiro atoms. The molecule has 3 rings (SSSR count). The summed E-state index contributed by atoms with van der Waals surface area (Å²) in [7, 11) is 0. The Bertz CT molecular complexity index is 644. The molecular formula is C10H8Cl2N4OS. The van der Waals surface area contributed by atoms with Crippen molar-refractivity contribution < 1.29 is 4.79 Å². The molecule has 5 nitrogen and oxygen atoms in total. The van der Waals surface area contributed by atoms with Crippen molar-refractivity contribution in [3.63, 3.8) is 0 Å². The Kier molecular flexibility index (Phi) is 2.90. The number of nitrogens with zero attached hydrogens (tertiary/aromatic N) is 3. The molecule has 1 atom stereocenters. The lowest BCUT2D eigenvalue weighted by Crippen LogP contribution is -2.34.